The fourth-order valence-electron chi connectivity index (χ4n) is 1.62. The molecule has 0 unspecified atom stereocenters. The largest absolute Gasteiger partial charge is 0.303 e. The van der Waals surface area contributed by atoms with E-state index in [4.69, 9.17) is 0 Å². The van der Waals surface area contributed by atoms with E-state index in [-0.39, 0.29) is 6.04 Å². The fraction of sp³-hybridized carbons (Fsp3) is 1.00. The zero-order valence-electron chi connectivity index (χ0n) is 7.82. The quantitative estimate of drug-likeness (QED) is 0.566. The van der Waals surface area contributed by atoms with Gasteiger partial charge < -0.3 is 4.90 Å². The lowest BCUT2D eigenvalue weighted by Crippen LogP contribution is -2.52. The Bertz CT molecular complexity index is 250. The Kier molecular flexibility index (Phi) is 2.75. The number of piperazine rings is 1. The Balaban J connectivity index is 2.69. The molecule has 1 aliphatic heterocycles. The maximum absolute atomic E-state index is 11.2. The summed E-state index contributed by atoms with van der Waals surface area (Å²) < 4.78 is 24.0. The van der Waals surface area contributed by atoms with Crippen LogP contribution in [0.3, 0.4) is 0 Å². The van der Waals surface area contributed by atoms with Crippen molar-refractivity contribution in [2.24, 2.45) is 0 Å². The smallest absolute Gasteiger partial charge is 0.211 e. The van der Waals surface area contributed by atoms with E-state index >= 15 is 0 Å². The van der Waals surface area contributed by atoms with Crippen LogP contribution in [0.2, 0.25) is 0 Å². The molecule has 1 atom stereocenters. The van der Waals surface area contributed by atoms with Crippen LogP contribution in [0.4, 0.5) is 0 Å². The molecule has 0 amide bonds. The van der Waals surface area contributed by atoms with E-state index < -0.39 is 10.0 Å². The Morgan fingerprint density at radius 1 is 1.33 bits per heavy atom. The van der Waals surface area contributed by atoms with Gasteiger partial charge >= 0.3 is 0 Å². The van der Waals surface area contributed by atoms with Crippen LogP contribution in [-0.2, 0) is 10.0 Å². The Morgan fingerprint density at radius 2 is 1.92 bits per heavy atom. The first-order chi connectivity index (χ1) is 5.41. The summed E-state index contributed by atoms with van der Waals surface area (Å²) in [5, 5.41) is 0. The zero-order valence-corrected chi connectivity index (χ0v) is 8.63. The van der Waals surface area contributed by atoms with Gasteiger partial charge in [0.1, 0.15) is 0 Å². The third-order valence-corrected chi connectivity index (χ3v) is 3.59. The molecule has 0 aliphatic carbocycles. The van der Waals surface area contributed by atoms with Gasteiger partial charge in [-0.25, -0.2) is 8.42 Å². The summed E-state index contributed by atoms with van der Waals surface area (Å²) in [6, 6.07) is 0.110. The summed E-state index contributed by atoms with van der Waals surface area (Å²) in [4.78, 5) is 2.15. The van der Waals surface area contributed by atoms with Gasteiger partial charge in [0, 0.05) is 25.7 Å². The second-order valence-corrected chi connectivity index (χ2v) is 5.42. The average Bonchev–Trinajstić information content (AvgIpc) is 1.83. The van der Waals surface area contributed by atoms with Gasteiger partial charge in [0.25, 0.3) is 0 Å². The molecule has 0 aromatic heterocycles. The Morgan fingerprint density at radius 3 is 2.33 bits per heavy atom. The number of likely N-dealkylation sites (N-methyl/N-ethyl adjacent to an activating group) is 1. The molecule has 0 aromatic carbocycles. The van der Waals surface area contributed by atoms with Crippen LogP contribution < -0.4 is 0 Å². The van der Waals surface area contributed by atoms with Crippen LogP contribution in [0.5, 0.6) is 0 Å². The van der Waals surface area contributed by atoms with E-state index in [0.717, 1.165) is 13.1 Å². The van der Waals surface area contributed by atoms with Crippen LogP contribution in [0, 0.1) is 0 Å². The molecule has 0 radical (unpaired) electrons. The van der Waals surface area contributed by atoms with E-state index in [9.17, 15) is 8.42 Å². The lowest BCUT2D eigenvalue weighted by atomic mass is 10.2. The molecule has 4 nitrogen and oxygen atoms in total. The minimum absolute atomic E-state index is 0.110. The topological polar surface area (TPSA) is 40.6 Å². The highest BCUT2D eigenvalue weighted by Crippen LogP contribution is 2.11. The van der Waals surface area contributed by atoms with Crippen molar-refractivity contribution in [3.63, 3.8) is 0 Å². The molecule has 0 saturated carbocycles. The lowest BCUT2D eigenvalue weighted by Gasteiger charge is -2.36. The molecule has 72 valence electrons. The van der Waals surface area contributed by atoms with Gasteiger partial charge in [-0.3, -0.25) is 0 Å². The normalized spacial score (nSPS) is 29.1. The second kappa shape index (κ2) is 3.32. The molecular formula is C7H16N2O2S. The summed E-state index contributed by atoms with van der Waals surface area (Å²) in [6.07, 6.45) is 1.27. The fourth-order valence-corrected chi connectivity index (χ4v) is 2.75. The van der Waals surface area contributed by atoms with Gasteiger partial charge in [-0.2, -0.15) is 4.31 Å². The van der Waals surface area contributed by atoms with Crippen molar-refractivity contribution in [1.29, 1.82) is 0 Å². The monoisotopic (exact) mass is 192 g/mol. The van der Waals surface area contributed by atoms with Gasteiger partial charge in [0.15, 0.2) is 0 Å². The molecule has 5 heteroatoms. The molecule has 0 spiro atoms. The standard InChI is InChI=1S/C7H16N2O2S/c1-7-6-8(2)4-5-9(7)12(3,10)11/h7H,4-6H2,1-3H3/t7-/m1/s1. The number of hydrogen-bond donors (Lipinski definition) is 0. The predicted molar refractivity (Wildman–Crippen MR) is 48.5 cm³/mol. The number of nitrogens with zero attached hydrogens (tertiary/aromatic N) is 2. The minimum atomic E-state index is -2.99. The molecule has 1 rings (SSSR count). The van der Waals surface area contributed by atoms with E-state index in [2.05, 4.69) is 4.90 Å². The third-order valence-electron chi connectivity index (χ3n) is 2.20. The van der Waals surface area contributed by atoms with Crippen molar-refractivity contribution < 1.29 is 8.42 Å². The molecule has 1 saturated heterocycles. The summed E-state index contributed by atoms with van der Waals surface area (Å²) in [5.41, 5.74) is 0. The van der Waals surface area contributed by atoms with Crippen molar-refractivity contribution in [2.45, 2.75) is 13.0 Å². The first kappa shape index (κ1) is 9.95. The van der Waals surface area contributed by atoms with Crippen LogP contribution in [0.1, 0.15) is 6.92 Å². The summed E-state index contributed by atoms with van der Waals surface area (Å²) in [5.74, 6) is 0. The highest BCUT2D eigenvalue weighted by atomic mass is 32.2. The predicted octanol–water partition coefficient (Wildman–Crippen LogP) is -0.418. The van der Waals surface area contributed by atoms with Crippen molar-refractivity contribution >= 4 is 10.0 Å². The zero-order chi connectivity index (χ0) is 9.35. The van der Waals surface area contributed by atoms with Crippen molar-refractivity contribution in [1.82, 2.24) is 9.21 Å². The first-order valence-electron chi connectivity index (χ1n) is 4.06. The summed E-state index contributed by atoms with van der Waals surface area (Å²) >= 11 is 0. The van der Waals surface area contributed by atoms with Crippen molar-refractivity contribution in [3.05, 3.63) is 0 Å². The number of sulfonamides is 1. The maximum Gasteiger partial charge on any atom is 0.211 e. The number of hydrogen-bond acceptors (Lipinski definition) is 3. The minimum Gasteiger partial charge on any atom is -0.303 e. The SMILES string of the molecule is C[C@@H]1CN(C)CCN1S(C)(=O)=O. The van der Waals surface area contributed by atoms with Crippen LogP contribution >= 0.6 is 0 Å². The molecule has 0 N–H and O–H groups in total. The van der Waals surface area contributed by atoms with E-state index in [1.165, 1.54) is 6.26 Å². The van der Waals surface area contributed by atoms with Gasteiger partial charge in [0.2, 0.25) is 10.0 Å². The molecular weight excluding hydrogens is 176 g/mol. The first-order valence-corrected chi connectivity index (χ1v) is 5.91. The Hall–Kier alpha value is -0.130. The average molecular weight is 192 g/mol. The molecule has 1 heterocycles. The second-order valence-electron chi connectivity index (χ2n) is 3.48. The maximum atomic E-state index is 11.2. The van der Waals surface area contributed by atoms with Crippen molar-refractivity contribution in [3.8, 4) is 0 Å². The molecule has 0 bridgehead atoms. The van der Waals surface area contributed by atoms with E-state index in [1.807, 2.05) is 14.0 Å². The van der Waals surface area contributed by atoms with E-state index in [1.54, 1.807) is 4.31 Å². The molecule has 12 heavy (non-hydrogen) atoms. The van der Waals surface area contributed by atoms with Gasteiger partial charge in [-0.15, -0.1) is 0 Å². The lowest BCUT2D eigenvalue weighted by molar-refractivity contribution is 0.171. The molecule has 1 fully saturated rings. The summed E-state index contributed by atoms with van der Waals surface area (Å²) in [6.45, 7) is 4.22. The van der Waals surface area contributed by atoms with Gasteiger partial charge in [0.05, 0.1) is 6.26 Å². The van der Waals surface area contributed by atoms with Crippen LogP contribution in [0.25, 0.3) is 0 Å². The highest BCUT2D eigenvalue weighted by Gasteiger charge is 2.27. The summed E-state index contributed by atoms with van der Waals surface area (Å²) in [7, 11) is -0.982. The highest BCUT2D eigenvalue weighted by molar-refractivity contribution is 7.88. The third kappa shape index (κ3) is 2.18. The van der Waals surface area contributed by atoms with Crippen molar-refractivity contribution in [2.75, 3.05) is 32.9 Å². The molecule has 0 aromatic rings. The van der Waals surface area contributed by atoms with Gasteiger partial charge in [-0.05, 0) is 14.0 Å². The van der Waals surface area contributed by atoms with Crippen LogP contribution in [-0.4, -0.2) is 56.6 Å². The number of rotatable bonds is 1. The Labute approximate surface area is 74.2 Å². The van der Waals surface area contributed by atoms with Crippen LogP contribution in [0.15, 0.2) is 0 Å². The van der Waals surface area contributed by atoms with Gasteiger partial charge in [-0.1, -0.05) is 0 Å². The van der Waals surface area contributed by atoms with E-state index in [0.29, 0.717) is 6.54 Å². The molecule has 1 aliphatic rings.